The Labute approximate surface area is 156 Å². The van der Waals surface area contributed by atoms with Gasteiger partial charge in [0, 0.05) is 17.7 Å². The molecule has 0 bridgehead atoms. The molecule has 4 nitrogen and oxygen atoms in total. The van der Waals surface area contributed by atoms with Crippen LogP contribution in [0.25, 0.3) is 0 Å². The largest absolute Gasteiger partial charge is 0.351 e. The Bertz CT molecular complexity index is 795. The lowest BCUT2D eigenvalue weighted by atomic mass is 9.53. The summed E-state index contributed by atoms with van der Waals surface area (Å²) in [5.41, 5.74) is 4.65. The highest BCUT2D eigenvalue weighted by Gasteiger charge is 2.51. The topological polar surface area (TPSA) is 46.9 Å². The number of nitrogens with one attached hydrogen (secondary N) is 1. The maximum absolute atomic E-state index is 12.8. The van der Waals surface area contributed by atoms with Crippen molar-refractivity contribution in [2.75, 3.05) is 0 Å². The lowest BCUT2D eigenvalue weighted by Gasteiger charge is -2.55. The van der Waals surface area contributed by atoms with E-state index < -0.39 is 0 Å². The summed E-state index contributed by atoms with van der Waals surface area (Å²) in [7, 11) is 0. The number of carbonyl (C=O) groups excluding carboxylic acids is 1. The fraction of sp³-hybridized carbons (Fsp3) is 0.545. The maximum atomic E-state index is 12.8. The predicted octanol–water partition coefficient (Wildman–Crippen LogP) is 3.90. The van der Waals surface area contributed by atoms with Gasteiger partial charge in [-0.3, -0.25) is 9.48 Å². The molecule has 1 heterocycles. The third kappa shape index (κ3) is 2.95. The number of rotatable bonds is 4. The summed E-state index contributed by atoms with van der Waals surface area (Å²) < 4.78 is 1.84. The third-order valence-electron chi connectivity index (χ3n) is 6.73. The first-order valence-electron chi connectivity index (χ1n) is 9.91. The van der Waals surface area contributed by atoms with Crippen molar-refractivity contribution >= 4 is 5.91 Å². The van der Waals surface area contributed by atoms with Gasteiger partial charge in [0.1, 0.15) is 6.54 Å². The molecule has 1 N–H and O–H groups in total. The first kappa shape index (κ1) is 17.3. The molecule has 4 heteroatoms. The predicted molar refractivity (Wildman–Crippen MR) is 103 cm³/mol. The van der Waals surface area contributed by atoms with Crippen molar-refractivity contribution in [3.63, 3.8) is 0 Å². The van der Waals surface area contributed by atoms with Crippen LogP contribution in [-0.2, 0) is 11.3 Å². The molecule has 0 saturated heterocycles. The standard InChI is InChI=1S/C22H29N3O/c1-14-15(2)24-25(16(14)3)13-20(26)23-22-19-12-8-7-11-18(19)21(22)17-9-5-4-6-10-17/h4-6,9-10,18-19,21-22H,7-8,11-13H2,1-3H3,(H,23,26)/t18-,19-,21-,22-/m0/s1. The van der Waals surface area contributed by atoms with Crippen molar-refractivity contribution in [1.82, 2.24) is 15.1 Å². The van der Waals surface area contributed by atoms with Crippen LogP contribution in [-0.4, -0.2) is 21.7 Å². The van der Waals surface area contributed by atoms with Crippen LogP contribution in [0.15, 0.2) is 30.3 Å². The number of nitrogens with zero attached hydrogens (tertiary/aromatic N) is 2. The van der Waals surface area contributed by atoms with E-state index in [9.17, 15) is 4.79 Å². The van der Waals surface area contributed by atoms with Crippen LogP contribution in [0.1, 0.15) is 54.1 Å². The molecule has 1 amide bonds. The van der Waals surface area contributed by atoms with Crippen LogP contribution < -0.4 is 5.32 Å². The number of carbonyl (C=O) groups is 1. The summed E-state index contributed by atoms with van der Waals surface area (Å²) in [4.78, 5) is 12.8. The van der Waals surface area contributed by atoms with E-state index in [1.165, 1.54) is 36.8 Å². The lowest BCUT2D eigenvalue weighted by molar-refractivity contribution is -0.125. The minimum Gasteiger partial charge on any atom is -0.351 e. The van der Waals surface area contributed by atoms with E-state index in [0.29, 0.717) is 18.4 Å². The molecule has 1 aromatic heterocycles. The molecule has 0 spiro atoms. The van der Waals surface area contributed by atoms with Crippen LogP contribution in [0.4, 0.5) is 0 Å². The average molecular weight is 351 g/mol. The van der Waals surface area contributed by atoms with Gasteiger partial charge in [-0.05, 0) is 56.6 Å². The quantitative estimate of drug-likeness (QED) is 0.908. The van der Waals surface area contributed by atoms with Crippen LogP contribution in [0.5, 0.6) is 0 Å². The molecule has 4 atom stereocenters. The van der Waals surface area contributed by atoms with Gasteiger partial charge in [0.25, 0.3) is 0 Å². The summed E-state index contributed by atoms with van der Waals surface area (Å²) >= 11 is 0. The van der Waals surface area contributed by atoms with E-state index in [1.54, 1.807) is 0 Å². The molecular weight excluding hydrogens is 322 g/mol. The molecule has 2 aliphatic rings. The van der Waals surface area contributed by atoms with E-state index in [-0.39, 0.29) is 11.9 Å². The van der Waals surface area contributed by atoms with Gasteiger partial charge in [-0.25, -0.2) is 0 Å². The second kappa shape index (κ2) is 6.90. The van der Waals surface area contributed by atoms with Gasteiger partial charge in [0.05, 0.1) is 5.69 Å². The highest BCUT2D eigenvalue weighted by Crippen LogP contribution is 2.54. The van der Waals surface area contributed by atoms with Crippen molar-refractivity contribution in [3.05, 3.63) is 52.8 Å². The maximum Gasteiger partial charge on any atom is 0.241 e. The summed E-state index contributed by atoms with van der Waals surface area (Å²) in [6.45, 7) is 6.42. The molecule has 2 aliphatic carbocycles. The second-order valence-electron chi connectivity index (χ2n) is 8.10. The number of aromatic nitrogens is 2. The summed E-state index contributed by atoms with van der Waals surface area (Å²) in [6.07, 6.45) is 5.17. The molecule has 2 saturated carbocycles. The Morgan fingerprint density at radius 3 is 2.46 bits per heavy atom. The van der Waals surface area contributed by atoms with Crippen LogP contribution >= 0.6 is 0 Å². The highest BCUT2D eigenvalue weighted by molar-refractivity contribution is 5.76. The van der Waals surface area contributed by atoms with Gasteiger partial charge in [0.15, 0.2) is 0 Å². The molecule has 0 unspecified atom stereocenters. The molecule has 2 aromatic rings. The minimum atomic E-state index is 0.0885. The first-order chi connectivity index (χ1) is 12.6. The Kier molecular flexibility index (Phi) is 4.60. The third-order valence-corrected chi connectivity index (χ3v) is 6.73. The van der Waals surface area contributed by atoms with Gasteiger partial charge in [-0.15, -0.1) is 0 Å². The van der Waals surface area contributed by atoms with Crippen molar-refractivity contribution in [3.8, 4) is 0 Å². The SMILES string of the molecule is Cc1nn(CC(=O)N[C@H]2[C@H]3CCCC[C@@H]3[C@@H]2c2ccccc2)c(C)c1C. The fourth-order valence-electron chi connectivity index (χ4n) is 5.10. The zero-order valence-electron chi connectivity index (χ0n) is 16.0. The molecule has 4 rings (SSSR count). The molecule has 138 valence electrons. The van der Waals surface area contributed by atoms with E-state index in [0.717, 1.165) is 17.3 Å². The van der Waals surface area contributed by atoms with E-state index >= 15 is 0 Å². The van der Waals surface area contributed by atoms with E-state index in [1.807, 2.05) is 18.5 Å². The minimum absolute atomic E-state index is 0.0885. The zero-order valence-corrected chi connectivity index (χ0v) is 16.0. The number of aryl methyl sites for hydroxylation is 1. The van der Waals surface area contributed by atoms with Gasteiger partial charge < -0.3 is 5.32 Å². The Hall–Kier alpha value is -2.10. The summed E-state index contributed by atoms with van der Waals surface area (Å²) in [5, 5.41) is 7.88. The first-order valence-corrected chi connectivity index (χ1v) is 9.91. The summed E-state index contributed by atoms with van der Waals surface area (Å²) in [6, 6.07) is 11.0. The number of fused-ring (bicyclic) bond motifs is 1. The number of hydrogen-bond donors (Lipinski definition) is 1. The van der Waals surface area contributed by atoms with Gasteiger partial charge >= 0.3 is 0 Å². The molecule has 0 radical (unpaired) electrons. The average Bonchev–Trinajstić information content (AvgIpc) is 2.88. The zero-order chi connectivity index (χ0) is 18.3. The van der Waals surface area contributed by atoms with Crippen molar-refractivity contribution in [1.29, 1.82) is 0 Å². The Morgan fingerprint density at radius 1 is 1.12 bits per heavy atom. The fourth-order valence-corrected chi connectivity index (χ4v) is 5.10. The van der Waals surface area contributed by atoms with Crippen molar-refractivity contribution in [2.24, 2.45) is 11.8 Å². The monoisotopic (exact) mass is 351 g/mol. The van der Waals surface area contributed by atoms with Gasteiger partial charge in [0.2, 0.25) is 5.91 Å². The molecular formula is C22H29N3O. The Morgan fingerprint density at radius 2 is 1.81 bits per heavy atom. The second-order valence-corrected chi connectivity index (χ2v) is 8.10. The van der Waals surface area contributed by atoms with Gasteiger partial charge in [-0.1, -0.05) is 43.2 Å². The molecule has 26 heavy (non-hydrogen) atoms. The van der Waals surface area contributed by atoms with Crippen molar-refractivity contribution < 1.29 is 4.79 Å². The normalized spacial score (nSPS) is 27.5. The van der Waals surface area contributed by atoms with E-state index in [4.69, 9.17) is 0 Å². The van der Waals surface area contributed by atoms with Gasteiger partial charge in [-0.2, -0.15) is 5.10 Å². The Balaban J connectivity index is 1.49. The summed E-state index contributed by atoms with van der Waals surface area (Å²) in [5.74, 6) is 1.92. The highest BCUT2D eigenvalue weighted by atomic mass is 16.2. The number of hydrogen-bond acceptors (Lipinski definition) is 2. The number of amides is 1. The smallest absolute Gasteiger partial charge is 0.241 e. The van der Waals surface area contributed by atoms with Crippen LogP contribution in [0.2, 0.25) is 0 Å². The molecule has 0 aliphatic heterocycles. The van der Waals surface area contributed by atoms with E-state index in [2.05, 4.69) is 47.7 Å². The lowest BCUT2D eigenvalue weighted by Crippen LogP contribution is -2.59. The van der Waals surface area contributed by atoms with Crippen molar-refractivity contribution in [2.45, 2.75) is 65.0 Å². The van der Waals surface area contributed by atoms with Crippen LogP contribution in [0, 0.1) is 32.6 Å². The van der Waals surface area contributed by atoms with Crippen LogP contribution in [0.3, 0.4) is 0 Å². The molecule has 1 aromatic carbocycles. The molecule has 2 fully saturated rings. The number of benzene rings is 1.